The number of aromatic nitrogens is 2. The van der Waals surface area contributed by atoms with E-state index in [4.69, 9.17) is 20.9 Å². The van der Waals surface area contributed by atoms with Gasteiger partial charge in [0, 0.05) is 11.7 Å². The van der Waals surface area contributed by atoms with Gasteiger partial charge in [0.15, 0.2) is 0 Å². The highest BCUT2D eigenvalue weighted by molar-refractivity contribution is 6.62. The molecule has 1 saturated heterocycles. The van der Waals surface area contributed by atoms with Gasteiger partial charge in [0.1, 0.15) is 11.3 Å². The fourth-order valence-electron chi connectivity index (χ4n) is 2.17. The Morgan fingerprint density at radius 3 is 2.45 bits per heavy atom. The fraction of sp³-hybridized carbons (Fsp3) is 0.462. The van der Waals surface area contributed by atoms with E-state index in [1.165, 1.54) is 10.7 Å². The van der Waals surface area contributed by atoms with E-state index in [-0.39, 0.29) is 10.5 Å². The van der Waals surface area contributed by atoms with E-state index in [9.17, 15) is 4.39 Å². The second-order valence-corrected chi connectivity index (χ2v) is 6.37. The molecule has 0 saturated carbocycles. The van der Waals surface area contributed by atoms with Crippen molar-refractivity contribution in [2.75, 3.05) is 0 Å². The largest absolute Gasteiger partial charge is 0.497 e. The van der Waals surface area contributed by atoms with E-state index in [1.807, 2.05) is 27.7 Å². The van der Waals surface area contributed by atoms with Gasteiger partial charge >= 0.3 is 7.12 Å². The van der Waals surface area contributed by atoms with Crippen LogP contribution in [0.1, 0.15) is 27.7 Å². The van der Waals surface area contributed by atoms with Crippen LogP contribution in [0, 0.1) is 5.82 Å². The van der Waals surface area contributed by atoms with Gasteiger partial charge in [0.05, 0.1) is 22.4 Å². The molecule has 0 atom stereocenters. The van der Waals surface area contributed by atoms with Crippen molar-refractivity contribution < 1.29 is 13.7 Å². The van der Waals surface area contributed by atoms with Crippen LogP contribution in [0.4, 0.5) is 4.39 Å². The normalized spacial score (nSPS) is 20.8. The molecule has 2 aromatic heterocycles. The monoisotopic (exact) mass is 296 g/mol. The first kappa shape index (κ1) is 13.9. The number of hydrogen-bond donors (Lipinski definition) is 0. The first-order valence-electron chi connectivity index (χ1n) is 6.40. The third kappa shape index (κ3) is 1.86. The van der Waals surface area contributed by atoms with E-state index in [0.717, 1.165) is 0 Å². The molecule has 0 amide bonds. The van der Waals surface area contributed by atoms with Crippen molar-refractivity contribution in [1.29, 1.82) is 0 Å². The zero-order valence-electron chi connectivity index (χ0n) is 11.8. The first-order valence-corrected chi connectivity index (χ1v) is 6.77. The van der Waals surface area contributed by atoms with Gasteiger partial charge < -0.3 is 9.31 Å². The van der Waals surface area contributed by atoms with E-state index in [1.54, 1.807) is 12.3 Å². The summed E-state index contributed by atoms with van der Waals surface area (Å²) in [7, 11) is -0.754. The molecule has 0 spiro atoms. The predicted molar refractivity (Wildman–Crippen MR) is 75.9 cm³/mol. The molecule has 1 fully saturated rings. The van der Waals surface area contributed by atoms with Gasteiger partial charge in [-0.05, 0) is 33.8 Å². The van der Waals surface area contributed by atoms with E-state index >= 15 is 0 Å². The zero-order chi connectivity index (χ0) is 14.7. The number of halogens is 2. The molecule has 7 heteroatoms. The van der Waals surface area contributed by atoms with Gasteiger partial charge in [-0.15, -0.1) is 0 Å². The van der Waals surface area contributed by atoms with Crippen molar-refractivity contribution in [1.82, 2.24) is 9.61 Å². The van der Waals surface area contributed by atoms with Gasteiger partial charge in [0.2, 0.25) is 0 Å². The Bertz CT molecular complexity index is 670. The lowest BCUT2D eigenvalue weighted by atomic mass is 9.79. The smallest absolute Gasteiger partial charge is 0.399 e. The molecule has 0 aliphatic carbocycles. The van der Waals surface area contributed by atoms with Crippen molar-refractivity contribution >= 4 is 29.7 Å². The summed E-state index contributed by atoms with van der Waals surface area (Å²) in [6, 6.07) is 1.60. The third-order valence-electron chi connectivity index (χ3n) is 4.11. The SMILES string of the molecule is CC1(C)OB(c2ccn3ncc(Cl)c3c2F)OC1(C)C. The molecular formula is C13H15BClFN2O2. The summed E-state index contributed by atoms with van der Waals surface area (Å²) >= 11 is 5.96. The minimum atomic E-state index is -0.754. The number of rotatable bonds is 1. The van der Waals surface area contributed by atoms with Crippen LogP contribution in [0.5, 0.6) is 0 Å². The second kappa shape index (κ2) is 4.19. The highest BCUT2D eigenvalue weighted by Gasteiger charge is 2.52. The summed E-state index contributed by atoms with van der Waals surface area (Å²) in [6.07, 6.45) is 3.05. The van der Waals surface area contributed by atoms with E-state index < -0.39 is 24.1 Å². The molecule has 0 radical (unpaired) electrons. The van der Waals surface area contributed by atoms with Crippen LogP contribution < -0.4 is 5.46 Å². The molecule has 3 rings (SSSR count). The van der Waals surface area contributed by atoms with Crippen LogP contribution in [0.2, 0.25) is 5.02 Å². The van der Waals surface area contributed by atoms with Crippen LogP contribution in [-0.2, 0) is 9.31 Å². The minimum absolute atomic E-state index is 0.235. The predicted octanol–water partition coefficient (Wildman–Crippen LogP) is 2.43. The second-order valence-electron chi connectivity index (χ2n) is 5.96. The lowest BCUT2D eigenvalue weighted by molar-refractivity contribution is 0.00578. The average Bonchev–Trinajstić information content (AvgIpc) is 2.79. The van der Waals surface area contributed by atoms with E-state index in [0.29, 0.717) is 5.46 Å². The van der Waals surface area contributed by atoms with Crippen LogP contribution in [-0.4, -0.2) is 27.9 Å². The highest BCUT2D eigenvalue weighted by atomic mass is 35.5. The summed E-state index contributed by atoms with van der Waals surface area (Å²) < 4.78 is 27.7. The first-order chi connectivity index (χ1) is 9.23. The number of pyridine rings is 1. The van der Waals surface area contributed by atoms with E-state index in [2.05, 4.69) is 5.10 Å². The molecule has 0 bridgehead atoms. The van der Waals surface area contributed by atoms with Crippen molar-refractivity contribution in [3.05, 3.63) is 29.3 Å². The van der Waals surface area contributed by atoms with Gasteiger partial charge in [-0.25, -0.2) is 8.91 Å². The highest BCUT2D eigenvalue weighted by Crippen LogP contribution is 2.36. The Labute approximate surface area is 122 Å². The van der Waals surface area contributed by atoms with Crippen LogP contribution >= 0.6 is 11.6 Å². The summed E-state index contributed by atoms with van der Waals surface area (Å²) in [5.74, 6) is -0.464. The zero-order valence-corrected chi connectivity index (χ0v) is 12.5. The molecule has 0 N–H and O–H groups in total. The summed E-state index contributed by atoms with van der Waals surface area (Å²) in [5, 5.41) is 4.23. The molecule has 0 unspecified atom stereocenters. The molecule has 1 aliphatic rings. The molecule has 3 heterocycles. The lowest BCUT2D eigenvalue weighted by Gasteiger charge is -2.32. The molecule has 106 valence electrons. The van der Waals surface area contributed by atoms with Gasteiger partial charge in [-0.1, -0.05) is 11.6 Å². The number of nitrogens with zero attached hydrogens (tertiary/aromatic N) is 2. The Morgan fingerprint density at radius 2 is 1.85 bits per heavy atom. The molecule has 2 aromatic rings. The molecular weight excluding hydrogens is 281 g/mol. The lowest BCUT2D eigenvalue weighted by Crippen LogP contribution is -2.41. The third-order valence-corrected chi connectivity index (χ3v) is 4.39. The minimum Gasteiger partial charge on any atom is -0.399 e. The maximum absolute atomic E-state index is 14.6. The molecule has 4 nitrogen and oxygen atoms in total. The quantitative estimate of drug-likeness (QED) is 0.758. The number of hydrogen-bond acceptors (Lipinski definition) is 3. The molecule has 0 aromatic carbocycles. The Morgan fingerprint density at radius 1 is 1.25 bits per heavy atom. The van der Waals surface area contributed by atoms with Crippen molar-refractivity contribution in [2.24, 2.45) is 0 Å². The Hall–Kier alpha value is -1.11. The van der Waals surface area contributed by atoms with Crippen LogP contribution in [0.3, 0.4) is 0 Å². The maximum atomic E-state index is 14.6. The summed E-state index contributed by atoms with van der Waals surface area (Å²) in [6.45, 7) is 7.70. The van der Waals surface area contributed by atoms with Crippen molar-refractivity contribution in [2.45, 2.75) is 38.9 Å². The van der Waals surface area contributed by atoms with Crippen LogP contribution in [0.25, 0.3) is 5.52 Å². The van der Waals surface area contributed by atoms with Crippen molar-refractivity contribution in [3.8, 4) is 0 Å². The van der Waals surface area contributed by atoms with Crippen molar-refractivity contribution in [3.63, 3.8) is 0 Å². The standard InChI is InChI=1S/C13H15BClFN2O2/c1-12(2)13(3,4)20-14(19-12)8-5-6-18-11(10(8)16)9(15)7-17-18/h5-7H,1-4H3. The van der Waals surface area contributed by atoms with Gasteiger partial charge in [-0.3, -0.25) is 0 Å². The Kier molecular flexibility index (Phi) is 2.91. The fourth-order valence-corrected chi connectivity index (χ4v) is 2.39. The van der Waals surface area contributed by atoms with Gasteiger partial charge in [0.25, 0.3) is 0 Å². The Balaban J connectivity index is 2.08. The average molecular weight is 297 g/mol. The molecule has 20 heavy (non-hydrogen) atoms. The molecule has 1 aliphatic heterocycles. The summed E-state index contributed by atoms with van der Waals surface area (Å²) in [5.41, 5.74) is -0.460. The maximum Gasteiger partial charge on any atom is 0.497 e. The van der Waals surface area contributed by atoms with Gasteiger partial charge in [-0.2, -0.15) is 5.10 Å². The summed E-state index contributed by atoms with van der Waals surface area (Å²) in [4.78, 5) is 0. The van der Waals surface area contributed by atoms with Crippen LogP contribution in [0.15, 0.2) is 18.5 Å². The topological polar surface area (TPSA) is 35.8 Å². The number of fused-ring (bicyclic) bond motifs is 1.